The van der Waals surface area contributed by atoms with Gasteiger partial charge in [-0.2, -0.15) is 0 Å². The van der Waals surface area contributed by atoms with Gasteiger partial charge in [0.25, 0.3) is 20.0 Å². The first kappa shape index (κ1) is 46.3. The standard InChI is InChI=1S/C24H17ClN2O3S.C23H15ClN2O3S.BBr3/c1-30-19-10-7-16(8-11-19)17-9-12-23-21(13-17)22-14-18(25)15-26-24(22)27(23)31(28,29)20-5-3-2-4-6-20;24-17-13-21-20-12-16(15-6-9-18(27)10-7-15)8-11-22(20)26(23(21)25-14-17)30(28,29)19-4-2-1-3-5-19;2-1(3)4/h2-15H,1H3;1-14,27H;. The van der Waals surface area contributed by atoms with Gasteiger partial charge < -0.3 is 9.84 Å². The fourth-order valence-electron chi connectivity index (χ4n) is 7.35. The number of aromatic hydroxyl groups is 1. The molecular weight excluding hydrogens is 1100 g/mol. The summed E-state index contributed by atoms with van der Waals surface area (Å²) in [7, 11) is -6.10. The van der Waals surface area contributed by atoms with Crippen molar-refractivity contribution in [1.82, 2.24) is 17.9 Å². The first-order chi connectivity index (χ1) is 31.2. The van der Waals surface area contributed by atoms with Crippen molar-refractivity contribution in [3.8, 4) is 33.8 Å². The Hall–Kier alpha value is -5.20. The molecular formula is C47H32BBr3Cl2N4O6S2. The molecule has 0 unspecified atom stereocenters. The zero-order valence-corrected chi connectivity index (χ0v) is 41.6. The molecule has 10 rings (SSSR count). The number of benzene rings is 6. The summed E-state index contributed by atoms with van der Waals surface area (Å²) in [6.07, 6.45) is 2.91. The summed E-state index contributed by atoms with van der Waals surface area (Å²) in [5.41, 5.74) is 5.46. The van der Waals surface area contributed by atoms with Crippen LogP contribution >= 0.6 is 70.5 Å². The van der Waals surface area contributed by atoms with Gasteiger partial charge >= 0.3 is 3.18 Å². The Morgan fingerprint density at radius 3 is 1.28 bits per heavy atom. The number of hydrogen-bond acceptors (Lipinski definition) is 8. The fourth-order valence-corrected chi connectivity index (χ4v) is 10.7. The maximum Gasteiger partial charge on any atom is 0.369 e. The molecule has 0 atom stereocenters. The lowest BCUT2D eigenvalue weighted by molar-refractivity contribution is 0.415. The van der Waals surface area contributed by atoms with Crippen molar-refractivity contribution in [3.63, 3.8) is 0 Å². The first-order valence-corrected chi connectivity index (χ1v) is 25.7. The van der Waals surface area contributed by atoms with Crippen LogP contribution in [0.2, 0.25) is 10.0 Å². The van der Waals surface area contributed by atoms with Crippen molar-refractivity contribution >= 4 is 138 Å². The number of fused-ring (bicyclic) bond motifs is 6. The summed E-state index contributed by atoms with van der Waals surface area (Å²) in [6, 6.07) is 45.9. The highest BCUT2D eigenvalue weighted by molar-refractivity contribution is 9.69. The Balaban J connectivity index is 0.000000164. The van der Waals surface area contributed by atoms with Crippen LogP contribution in [0.4, 0.5) is 0 Å². The molecule has 0 saturated carbocycles. The lowest BCUT2D eigenvalue weighted by atomic mass is 10.0. The summed E-state index contributed by atoms with van der Waals surface area (Å²) in [6.45, 7) is 0. The largest absolute Gasteiger partial charge is 0.508 e. The van der Waals surface area contributed by atoms with Crippen molar-refractivity contribution in [2.24, 2.45) is 0 Å². The zero-order chi connectivity index (χ0) is 46.0. The average molecular weight is 1130 g/mol. The molecule has 6 aromatic carbocycles. The van der Waals surface area contributed by atoms with Gasteiger partial charge in [-0.05, 0) is 107 Å². The van der Waals surface area contributed by atoms with Gasteiger partial charge in [-0.1, -0.05) is 96.0 Å². The van der Waals surface area contributed by atoms with E-state index in [4.69, 9.17) is 27.9 Å². The Morgan fingerprint density at radius 2 is 0.892 bits per heavy atom. The molecule has 18 heteroatoms. The minimum atomic E-state index is -3.87. The summed E-state index contributed by atoms with van der Waals surface area (Å²) in [5, 5.41) is 13.2. The smallest absolute Gasteiger partial charge is 0.369 e. The van der Waals surface area contributed by atoms with E-state index in [2.05, 4.69) is 57.2 Å². The summed E-state index contributed by atoms with van der Waals surface area (Å²) in [4.78, 5) is 9.09. The molecule has 0 aliphatic rings. The highest BCUT2D eigenvalue weighted by Crippen LogP contribution is 2.38. The summed E-state index contributed by atoms with van der Waals surface area (Å²) in [5.74, 6) is 0.952. The lowest BCUT2D eigenvalue weighted by Crippen LogP contribution is -2.13. The molecule has 0 spiro atoms. The molecule has 4 aromatic heterocycles. The Morgan fingerprint density at radius 1 is 0.523 bits per heavy atom. The van der Waals surface area contributed by atoms with E-state index in [1.165, 1.54) is 20.3 Å². The first-order valence-electron chi connectivity index (χ1n) is 19.3. The van der Waals surface area contributed by atoms with E-state index in [0.29, 0.717) is 43.1 Å². The predicted molar refractivity (Wildman–Crippen MR) is 274 cm³/mol. The van der Waals surface area contributed by atoms with Crippen LogP contribution in [-0.4, -0.2) is 50.1 Å². The fraction of sp³-hybridized carbons (Fsp3) is 0.0213. The van der Waals surface area contributed by atoms with Crippen LogP contribution in [0.5, 0.6) is 11.5 Å². The average Bonchev–Trinajstić information content (AvgIpc) is 3.82. The van der Waals surface area contributed by atoms with Crippen LogP contribution in [-0.2, 0) is 20.0 Å². The maximum atomic E-state index is 13.5. The Labute approximate surface area is 409 Å². The van der Waals surface area contributed by atoms with Gasteiger partial charge in [0.15, 0.2) is 11.3 Å². The number of rotatable bonds is 7. The van der Waals surface area contributed by atoms with E-state index in [9.17, 15) is 21.9 Å². The minimum absolute atomic E-state index is 0.182. The molecule has 1 N–H and O–H groups in total. The van der Waals surface area contributed by atoms with Gasteiger partial charge in [-0.3, -0.25) is 0 Å². The van der Waals surface area contributed by atoms with Crippen molar-refractivity contribution in [1.29, 1.82) is 0 Å². The van der Waals surface area contributed by atoms with Crippen molar-refractivity contribution in [2.75, 3.05) is 7.11 Å². The molecule has 10 aromatic rings. The van der Waals surface area contributed by atoms with Crippen LogP contribution in [0.1, 0.15) is 0 Å². The van der Waals surface area contributed by atoms with Gasteiger partial charge in [0, 0.05) is 33.9 Å². The number of aromatic nitrogens is 4. The normalized spacial score (nSPS) is 11.5. The van der Waals surface area contributed by atoms with E-state index in [0.717, 1.165) is 38.8 Å². The third kappa shape index (κ3) is 9.57. The second-order valence-electron chi connectivity index (χ2n) is 14.2. The molecule has 0 fully saturated rings. The Kier molecular flexibility index (Phi) is 13.8. The number of hydrogen-bond donors (Lipinski definition) is 1. The molecule has 65 heavy (non-hydrogen) atoms. The van der Waals surface area contributed by atoms with Gasteiger partial charge in [0.05, 0.1) is 38.0 Å². The third-order valence-electron chi connectivity index (χ3n) is 10.2. The molecule has 0 saturated heterocycles. The van der Waals surface area contributed by atoms with E-state index < -0.39 is 20.0 Å². The van der Waals surface area contributed by atoms with Gasteiger partial charge in [0.2, 0.25) is 0 Å². The molecule has 0 bridgehead atoms. The van der Waals surface area contributed by atoms with E-state index in [-0.39, 0.29) is 18.7 Å². The maximum absolute atomic E-state index is 13.5. The van der Waals surface area contributed by atoms with E-state index in [1.54, 1.807) is 98.1 Å². The number of phenols is 1. The van der Waals surface area contributed by atoms with Crippen LogP contribution in [0, 0.1) is 0 Å². The molecule has 0 aliphatic carbocycles. The van der Waals surface area contributed by atoms with Crippen LogP contribution < -0.4 is 4.74 Å². The SMILES string of the molecule is BrB(Br)Br.COc1ccc(-c2ccc3c(c2)c2cc(Cl)cnc2n3S(=O)(=O)c2ccccc2)cc1.O=S(=O)(c1ccccc1)n1c2ccc(-c3ccc(O)cc3)cc2c2cc(Cl)cnc21. The van der Waals surface area contributed by atoms with Crippen molar-refractivity contribution < 1.29 is 26.7 Å². The number of phenolic OH excluding ortho intramolecular Hbond substituents is 1. The topological polar surface area (TPSA) is 133 Å². The zero-order valence-electron chi connectivity index (χ0n) is 33.7. The van der Waals surface area contributed by atoms with E-state index in [1.807, 2.05) is 66.7 Å². The molecule has 0 amide bonds. The minimum Gasteiger partial charge on any atom is -0.508 e. The van der Waals surface area contributed by atoms with Crippen LogP contribution in [0.15, 0.2) is 180 Å². The second kappa shape index (κ2) is 19.3. The van der Waals surface area contributed by atoms with Crippen LogP contribution in [0.25, 0.3) is 66.1 Å². The monoisotopic (exact) mass is 1130 g/mol. The Bertz CT molecular complexity index is 3580. The molecule has 10 nitrogen and oxygen atoms in total. The van der Waals surface area contributed by atoms with Crippen molar-refractivity contribution in [3.05, 3.63) is 180 Å². The predicted octanol–water partition coefficient (Wildman–Crippen LogP) is 13.4. The van der Waals surface area contributed by atoms with Gasteiger partial charge in [-0.25, -0.2) is 34.7 Å². The number of methoxy groups -OCH3 is 1. The van der Waals surface area contributed by atoms with E-state index >= 15 is 0 Å². The molecule has 326 valence electrons. The lowest BCUT2D eigenvalue weighted by Gasteiger charge is -2.09. The summed E-state index contributed by atoms with van der Waals surface area (Å²) >= 11 is 21.7. The molecule has 0 aliphatic heterocycles. The van der Waals surface area contributed by atoms with Gasteiger partial charge in [-0.15, -0.1) is 47.3 Å². The third-order valence-corrected chi connectivity index (χ3v) is 14.1. The highest BCUT2D eigenvalue weighted by atomic mass is 79.9. The number of nitrogens with zero attached hydrogens (tertiary/aromatic N) is 4. The molecule has 4 heterocycles. The highest BCUT2D eigenvalue weighted by Gasteiger charge is 2.26. The number of ether oxygens (including phenoxy) is 1. The second-order valence-corrected chi connectivity index (χ2v) is 25.1. The van der Waals surface area contributed by atoms with Crippen LogP contribution in [0.3, 0.4) is 0 Å². The molecule has 0 radical (unpaired) electrons. The number of pyridine rings is 2. The quantitative estimate of drug-likeness (QED) is 0.156. The van der Waals surface area contributed by atoms with Crippen molar-refractivity contribution in [2.45, 2.75) is 9.79 Å². The van der Waals surface area contributed by atoms with Gasteiger partial charge in [0.1, 0.15) is 11.5 Å². The summed E-state index contributed by atoms with van der Waals surface area (Å²) < 4.78 is 62.0. The number of halogens is 5.